The Kier molecular flexibility index (Phi) is 31.3. The maximum Gasteiger partial charge on any atom is 0.371 e. The van der Waals surface area contributed by atoms with Crippen molar-refractivity contribution in [3.05, 3.63) is 170 Å². The first kappa shape index (κ1) is 71.0. The van der Waals surface area contributed by atoms with E-state index in [2.05, 4.69) is 31.1 Å². The van der Waals surface area contributed by atoms with Crippen molar-refractivity contribution in [2.45, 2.75) is 68.5 Å². The number of benzene rings is 4. The molecular weight excluding hydrogens is 1170 g/mol. The van der Waals surface area contributed by atoms with Gasteiger partial charge in [0.05, 0.1) is 12.5 Å². The minimum Gasteiger partial charge on any atom is -0.499 e. The Bertz CT molecular complexity index is 2980. The number of carbonyl (C=O) groups is 10. The van der Waals surface area contributed by atoms with E-state index in [0.29, 0.717) is 30.1 Å². The number of aliphatic carboxylic acids is 2. The molecule has 0 fully saturated rings. The summed E-state index contributed by atoms with van der Waals surface area (Å²) in [6.45, 7) is 10.9. The minimum atomic E-state index is -3.45. The second kappa shape index (κ2) is 39.2. The van der Waals surface area contributed by atoms with Crippen molar-refractivity contribution >= 4 is 60.5 Å². The van der Waals surface area contributed by atoms with Gasteiger partial charge < -0.3 is 76.5 Å². The Morgan fingerprint density at radius 2 is 0.876 bits per heavy atom. The molecule has 0 aromatic heterocycles. The van der Waals surface area contributed by atoms with Crippen LogP contribution < -0.4 is 18.9 Å². The van der Waals surface area contributed by atoms with Gasteiger partial charge in [0.1, 0.15) is 88.4 Å². The third-order valence-electron chi connectivity index (χ3n) is 12.0. The number of unbranched alkanes of at least 4 members (excludes halogenated alkanes) is 1. The molecule has 0 bridgehead atoms. The molecule has 2 N–H and O–H groups in total. The molecule has 0 amide bonds. The van der Waals surface area contributed by atoms with Gasteiger partial charge in [-0.2, -0.15) is 0 Å². The lowest BCUT2D eigenvalue weighted by atomic mass is 9.94. The monoisotopic (exact) mass is 1240 g/mol. The first-order valence-electron chi connectivity index (χ1n) is 27.2. The van der Waals surface area contributed by atoms with Crippen LogP contribution in [-0.2, 0) is 108 Å². The predicted molar refractivity (Wildman–Crippen MR) is 308 cm³/mol. The number of hydrogen-bond donors (Lipinski definition) is 2. The van der Waals surface area contributed by atoms with Crippen LogP contribution >= 0.6 is 0 Å². The second-order valence-corrected chi connectivity index (χ2v) is 18.6. The molecule has 26 nitrogen and oxygen atoms in total. The average Bonchev–Trinajstić information content (AvgIpc) is 1.70. The molecule has 0 saturated heterocycles. The number of esters is 5. The Morgan fingerprint density at radius 1 is 0.472 bits per heavy atom. The third kappa shape index (κ3) is 26.3. The van der Waals surface area contributed by atoms with Gasteiger partial charge in [0.15, 0.2) is 30.7 Å². The summed E-state index contributed by atoms with van der Waals surface area (Å²) in [7, 11) is 0. The molecule has 4 rings (SSSR count). The van der Waals surface area contributed by atoms with E-state index >= 15 is 0 Å². The highest BCUT2D eigenvalue weighted by Crippen LogP contribution is 2.24. The fourth-order valence-corrected chi connectivity index (χ4v) is 7.63. The number of hydrogen-bond acceptors (Lipinski definition) is 24. The van der Waals surface area contributed by atoms with Crippen molar-refractivity contribution in [2.75, 3.05) is 66.1 Å². The summed E-state index contributed by atoms with van der Waals surface area (Å²) in [6, 6.07) is 28.0. The fourth-order valence-electron chi connectivity index (χ4n) is 7.63. The highest BCUT2D eigenvalue weighted by Gasteiger charge is 2.58. The molecule has 5 unspecified atom stereocenters. The fraction of sp³-hybridized carbons (Fsp3) is 0.333. The molecule has 0 heterocycles. The van der Waals surface area contributed by atoms with Crippen molar-refractivity contribution in [3.8, 4) is 23.0 Å². The van der Waals surface area contributed by atoms with Crippen molar-refractivity contribution in [3.63, 3.8) is 0 Å². The zero-order valence-electron chi connectivity index (χ0n) is 48.3. The third-order valence-corrected chi connectivity index (χ3v) is 12.0. The smallest absolute Gasteiger partial charge is 0.371 e. The number of rotatable bonds is 47. The molecule has 0 aliphatic rings. The van der Waals surface area contributed by atoms with Crippen molar-refractivity contribution in [1.29, 1.82) is 0 Å². The quantitative estimate of drug-likeness (QED) is 0.0107. The van der Waals surface area contributed by atoms with Crippen molar-refractivity contribution in [2.24, 2.45) is 0 Å². The molecule has 4 aromatic carbocycles. The lowest BCUT2D eigenvalue weighted by molar-refractivity contribution is -0.195. The van der Waals surface area contributed by atoms with Gasteiger partial charge in [-0.3, -0.25) is 24.0 Å². The SMILES string of the molecule is C=COCC(COc1ccc(Cc2ccc(OCC(COC(=O)C=C)OC(=O)CC(=O)O)cc2)cc1)OCCCCC(=O)C(OC=O)(C(=O)O)C(=O)OC(COC(=O)C=C)COc1ccc(Cc2ccc(OCC(COC=C)OC(=O)COC=O)cc2)cc1. The van der Waals surface area contributed by atoms with E-state index < -0.39 is 110 Å². The minimum absolute atomic E-state index is 0.00745. The lowest BCUT2D eigenvalue weighted by Gasteiger charge is -2.27. The number of carboxylic acid groups (broad SMARTS) is 2. The van der Waals surface area contributed by atoms with Gasteiger partial charge in [0, 0.05) is 25.2 Å². The van der Waals surface area contributed by atoms with Crippen LogP contribution in [0.15, 0.2) is 148 Å². The van der Waals surface area contributed by atoms with Crippen LogP contribution in [0.5, 0.6) is 23.0 Å². The molecule has 0 radical (unpaired) electrons. The molecule has 0 aliphatic heterocycles. The van der Waals surface area contributed by atoms with Gasteiger partial charge in [-0.25, -0.2) is 24.0 Å². The summed E-state index contributed by atoms with van der Waals surface area (Å²) in [6.07, 6.45) is -0.336. The van der Waals surface area contributed by atoms with Crippen LogP contribution in [0.4, 0.5) is 0 Å². The number of carbonyl (C=O) groups excluding carboxylic acids is 8. The van der Waals surface area contributed by atoms with E-state index in [1.807, 2.05) is 36.4 Å². The standard InChI is InChI=1S/C63H68O26/c1-5-57(69)84-38-53(87-59(71)31-56(67)68)36-82-49-24-16-45(17-25-49)29-43-12-20-47(21-13-43)80-34-51(32-76-7-3)79-28-10-9-11-55(66)63(61(73)74,86-42-65)62(75)89-54(39-85-58(70)6-2)37-83-50-26-18-46(19-27-50)30-44-14-22-48(23-15-44)81-35-52(33-77-8-4)88-60(72)40-78-41-64/h5-8,12-27,41-42,51-54H,1-4,9-11,28-40H2,(H,67,68)(H,73,74). The van der Waals surface area contributed by atoms with Crippen molar-refractivity contribution in [1.82, 2.24) is 0 Å². The van der Waals surface area contributed by atoms with E-state index in [1.54, 1.807) is 60.7 Å². The molecule has 0 aliphatic carbocycles. The number of ether oxygens (including phenoxy) is 14. The maximum absolute atomic E-state index is 13.7. The van der Waals surface area contributed by atoms with Crippen LogP contribution in [-0.4, -0.2) is 167 Å². The Hall–Kier alpha value is -10.5. The van der Waals surface area contributed by atoms with Gasteiger partial charge in [-0.1, -0.05) is 74.8 Å². The number of ketones is 1. The molecule has 4 aromatic rings. The zero-order valence-corrected chi connectivity index (χ0v) is 48.3. The normalized spacial score (nSPS) is 12.5. The van der Waals surface area contributed by atoms with E-state index in [-0.39, 0.29) is 77.8 Å². The van der Waals surface area contributed by atoms with E-state index in [1.165, 1.54) is 12.5 Å². The van der Waals surface area contributed by atoms with Crippen LogP contribution in [0.3, 0.4) is 0 Å². The molecule has 5 atom stereocenters. The molecule has 89 heavy (non-hydrogen) atoms. The predicted octanol–water partition coefficient (Wildman–Crippen LogP) is 5.37. The molecule has 0 spiro atoms. The highest BCUT2D eigenvalue weighted by atomic mass is 16.6. The van der Waals surface area contributed by atoms with Crippen molar-refractivity contribution < 1.29 is 124 Å². The van der Waals surface area contributed by atoms with E-state index in [9.17, 15) is 53.1 Å². The highest BCUT2D eigenvalue weighted by molar-refractivity contribution is 6.24. The van der Waals surface area contributed by atoms with Crippen LogP contribution in [0, 0.1) is 0 Å². The van der Waals surface area contributed by atoms with Gasteiger partial charge in [0.2, 0.25) is 0 Å². The van der Waals surface area contributed by atoms with E-state index in [4.69, 9.17) is 66.7 Å². The average molecular weight is 1240 g/mol. The summed E-state index contributed by atoms with van der Waals surface area (Å²) in [5, 5.41) is 19.1. The zero-order chi connectivity index (χ0) is 64.8. The maximum atomic E-state index is 13.7. The summed E-state index contributed by atoms with van der Waals surface area (Å²) in [4.78, 5) is 120. The largest absolute Gasteiger partial charge is 0.499 e. The summed E-state index contributed by atoms with van der Waals surface area (Å²) < 4.78 is 74.5. The molecule has 476 valence electrons. The van der Waals surface area contributed by atoms with Gasteiger partial charge >= 0.3 is 47.4 Å². The summed E-state index contributed by atoms with van der Waals surface area (Å²) in [5.74, 6) is -8.54. The first-order chi connectivity index (χ1) is 42.9. The second-order valence-electron chi connectivity index (χ2n) is 18.6. The molecule has 26 heteroatoms. The lowest BCUT2D eigenvalue weighted by Crippen LogP contribution is -2.57. The molecule has 0 saturated carbocycles. The first-order valence-corrected chi connectivity index (χ1v) is 27.2. The Morgan fingerprint density at radius 3 is 1.27 bits per heavy atom. The molecular formula is C63H68O26. The van der Waals surface area contributed by atoms with E-state index in [0.717, 1.165) is 34.4 Å². The summed E-state index contributed by atoms with van der Waals surface area (Å²) >= 11 is 0. The van der Waals surface area contributed by atoms with Gasteiger partial charge in [0.25, 0.3) is 12.9 Å². The number of carboxylic acids is 2. The Balaban J connectivity index is 1.27. The van der Waals surface area contributed by atoms with Crippen LogP contribution in [0.1, 0.15) is 47.9 Å². The summed E-state index contributed by atoms with van der Waals surface area (Å²) in [5.41, 5.74) is 0.125. The number of Topliss-reactive ketones (excluding diaryl/α,β-unsaturated/α-hetero) is 1. The van der Waals surface area contributed by atoms with Gasteiger partial charge in [-0.15, -0.1) is 0 Å². The topological polar surface area (TPSA) is 340 Å². The van der Waals surface area contributed by atoms with Gasteiger partial charge in [-0.05, 0) is 96.5 Å². The van der Waals surface area contributed by atoms with Crippen LogP contribution in [0.2, 0.25) is 0 Å². The Labute approximate surface area is 511 Å². The van der Waals surface area contributed by atoms with Crippen LogP contribution in [0.25, 0.3) is 0 Å².